The number of hydrogen-bond donors (Lipinski definition) is 2. The number of aromatic nitrogens is 2. The zero-order chi connectivity index (χ0) is 30.4. The Morgan fingerprint density at radius 3 is 2.34 bits per heavy atom. The highest BCUT2D eigenvalue weighted by atomic mass is 32.2. The van der Waals surface area contributed by atoms with Crippen LogP contribution in [0.3, 0.4) is 0 Å². The minimum Gasteiger partial charge on any atom is -0.355 e. The van der Waals surface area contributed by atoms with Crippen molar-refractivity contribution in [3.63, 3.8) is 0 Å². The first-order chi connectivity index (χ1) is 19.4. The molecule has 11 heteroatoms. The molecule has 2 atom stereocenters. The standard InChI is InChI=1S/C30H45N5O3S3/c1-30(2,3)18-26(36)35-19-25(33-21-35)12-13-31-28(38)24(20-41-29(39)40-6)17-23(16-22-10-8-7-9-11-22)27(37)32-14-15-34(4)5/h7-11,19,21,23-24H,12-18,20H2,1-6H3,(H,31,38)(H,32,37). The SMILES string of the molecule is CSC(=S)SCC(CC(Cc1ccccc1)C(=O)NCCN(C)C)C(=O)NCCc1cn(C(=O)CC(C)(C)C)cn1. The van der Waals surface area contributed by atoms with Gasteiger partial charge in [0.05, 0.1) is 5.69 Å². The molecule has 2 unspecified atom stereocenters. The zero-order valence-electron chi connectivity index (χ0n) is 25.1. The second kappa shape index (κ2) is 17.7. The number of likely N-dealkylation sites (N-methyl/N-ethyl adjacent to an activating group) is 1. The average molecular weight is 620 g/mol. The van der Waals surface area contributed by atoms with Crippen LogP contribution in [0.2, 0.25) is 0 Å². The van der Waals surface area contributed by atoms with Crippen LogP contribution < -0.4 is 10.6 Å². The summed E-state index contributed by atoms with van der Waals surface area (Å²) in [6.45, 7) is 7.74. The lowest BCUT2D eigenvalue weighted by atomic mass is 9.88. The number of carbonyl (C=O) groups excluding carboxylic acids is 3. The molecule has 41 heavy (non-hydrogen) atoms. The molecule has 0 aliphatic rings. The highest BCUT2D eigenvalue weighted by Gasteiger charge is 2.28. The van der Waals surface area contributed by atoms with E-state index in [0.717, 1.165) is 21.3 Å². The molecule has 226 valence electrons. The maximum Gasteiger partial charge on any atom is 0.232 e. The molecule has 1 aromatic carbocycles. The summed E-state index contributed by atoms with van der Waals surface area (Å²) in [6.07, 6.45) is 7.08. The van der Waals surface area contributed by atoms with Crippen LogP contribution in [0.15, 0.2) is 42.9 Å². The van der Waals surface area contributed by atoms with Crippen molar-refractivity contribution >= 4 is 57.0 Å². The Balaban J connectivity index is 2.08. The molecule has 0 aliphatic heterocycles. The van der Waals surface area contributed by atoms with Crippen LogP contribution in [-0.2, 0) is 22.4 Å². The van der Waals surface area contributed by atoms with E-state index in [4.69, 9.17) is 12.2 Å². The fraction of sp³-hybridized carbons (Fsp3) is 0.567. The summed E-state index contributed by atoms with van der Waals surface area (Å²) in [6, 6.07) is 9.91. The quantitative estimate of drug-likeness (QED) is 0.281. The van der Waals surface area contributed by atoms with Crippen LogP contribution >= 0.6 is 35.7 Å². The number of thioether (sulfide) groups is 2. The number of carbonyl (C=O) groups is 3. The Kier molecular flexibility index (Phi) is 15.1. The van der Waals surface area contributed by atoms with Crippen molar-refractivity contribution in [1.29, 1.82) is 0 Å². The zero-order valence-corrected chi connectivity index (χ0v) is 27.6. The Bertz CT molecular complexity index is 1130. The summed E-state index contributed by atoms with van der Waals surface area (Å²) in [5.41, 5.74) is 1.69. The third-order valence-electron chi connectivity index (χ3n) is 6.35. The highest BCUT2D eigenvalue weighted by molar-refractivity contribution is 8.47. The van der Waals surface area contributed by atoms with Crippen molar-refractivity contribution in [3.05, 3.63) is 54.1 Å². The maximum absolute atomic E-state index is 13.4. The van der Waals surface area contributed by atoms with Crippen LogP contribution in [0.4, 0.5) is 0 Å². The summed E-state index contributed by atoms with van der Waals surface area (Å²) in [7, 11) is 3.93. The van der Waals surface area contributed by atoms with Crippen molar-refractivity contribution in [3.8, 4) is 0 Å². The number of rotatable bonds is 15. The predicted molar refractivity (Wildman–Crippen MR) is 176 cm³/mol. The van der Waals surface area contributed by atoms with Gasteiger partial charge in [-0.05, 0) is 44.2 Å². The fourth-order valence-electron chi connectivity index (χ4n) is 4.18. The van der Waals surface area contributed by atoms with E-state index in [-0.39, 0.29) is 29.1 Å². The van der Waals surface area contributed by atoms with Crippen molar-refractivity contribution in [2.45, 2.75) is 46.5 Å². The minimum absolute atomic E-state index is 0.00421. The number of hydrogen-bond acceptors (Lipinski definition) is 8. The summed E-state index contributed by atoms with van der Waals surface area (Å²) < 4.78 is 2.29. The lowest BCUT2D eigenvalue weighted by Crippen LogP contribution is -2.40. The second-order valence-electron chi connectivity index (χ2n) is 11.6. The molecule has 0 aliphatic carbocycles. The molecular formula is C30H45N5O3S3. The van der Waals surface area contributed by atoms with Gasteiger partial charge in [-0.2, -0.15) is 0 Å². The van der Waals surface area contributed by atoms with Gasteiger partial charge in [-0.25, -0.2) is 4.98 Å². The average Bonchev–Trinajstić information content (AvgIpc) is 3.38. The highest BCUT2D eigenvalue weighted by Crippen LogP contribution is 2.25. The van der Waals surface area contributed by atoms with E-state index in [2.05, 4.69) is 15.6 Å². The number of thiocarbonyl (C=S) groups is 1. The summed E-state index contributed by atoms with van der Waals surface area (Å²) in [5.74, 6) is -0.416. The Morgan fingerprint density at radius 2 is 1.71 bits per heavy atom. The Labute approximate surface area is 259 Å². The van der Waals surface area contributed by atoms with Crippen LogP contribution in [-0.4, -0.2) is 81.4 Å². The van der Waals surface area contributed by atoms with Crippen LogP contribution in [0.1, 0.15) is 49.7 Å². The first kappa shape index (κ1) is 35.0. The smallest absolute Gasteiger partial charge is 0.232 e. The van der Waals surface area contributed by atoms with E-state index in [9.17, 15) is 14.4 Å². The minimum atomic E-state index is -0.399. The molecule has 0 radical (unpaired) electrons. The lowest BCUT2D eigenvalue weighted by Gasteiger charge is -2.23. The normalized spacial score (nSPS) is 13.0. The third-order valence-corrected chi connectivity index (χ3v) is 9.19. The van der Waals surface area contributed by atoms with Gasteiger partial charge in [-0.1, -0.05) is 63.3 Å². The number of nitrogens with zero attached hydrogens (tertiary/aromatic N) is 3. The molecule has 8 nitrogen and oxygen atoms in total. The van der Waals surface area contributed by atoms with Crippen molar-refractivity contribution < 1.29 is 14.4 Å². The number of nitrogens with one attached hydrogen (secondary N) is 2. The van der Waals surface area contributed by atoms with Crippen LogP contribution in [0, 0.1) is 17.3 Å². The van der Waals surface area contributed by atoms with Crippen molar-refractivity contribution in [1.82, 2.24) is 25.1 Å². The van der Waals surface area contributed by atoms with Gasteiger partial charge < -0.3 is 15.5 Å². The van der Waals surface area contributed by atoms with Gasteiger partial charge >= 0.3 is 0 Å². The van der Waals surface area contributed by atoms with E-state index in [1.165, 1.54) is 34.4 Å². The number of imidazole rings is 1. The summed E-state index contributed by atoms with van der Waals surface area (Å²) >= 11 is 8.35. The summed E-state index contributed by atoms with van der Waals surface area (Å²) in [5, 5.41) is 6.10. The molecule has 1 aromatic heterocycles. The molecule has 0 saturated carbocycles. The first-order valence-corrected chi connectivity index (χ1v) is 16.5. The lowest BCUT2D eigenvalue weighted by molar-refractivity contribution is -0.127. The molecule has 0 spiro atoms. The van der Waals surface area contributed by atoms with E-state index in [1.54, 1.807) is 6.20 Å². The number of amides is 2. The molecule has 0 bridgehead atoms. The molecule has 2 N–H and O–H groups in total. The van der Waals surface area contributed by atoms with E-state index < -0.39 is 5.92 Å². The van der Waals surface area contributed by atoms with Gasteiger partial charge in [0.25, 0.3) is 0 Å². The van der Waals surface area contributed by atoms with Gasteiger partial charge in [-0.15, -0.1) is 23.5 Å². The molecule has 0 saturated heterocycles. The second-order valence-corrected chi connectivity index (χ2v) is 14.7. The van der Waals surface area contributed by atoms with E-state index in [1.807, 2.05) is 76.4 Å². The monoisotopic (exact) mass is 619 g/mol. The van der Waals surface area contributed by atoms with Crippen molar-refractivity contribution in [2.75, 3.05) is 45.7 Å². The Morgan fingerprint density at radius 1 is 1.05 bits per heavy atom. The molecule has 2 amide bonds. The van der Waals surface area contributed by atoms with Gasteiger partial charge in [0.15, 0.2) is 0 Å². The van der Waals surface area contributed by atoms with Crippen LogP contribution in [0.25, 0.3) is 0 Å². The summed E-state index contributed by atoms with van der Waals surface area (Å²) in [4.78, 5) is 45.6. The largest absolute Gasteiger partial charge is 0.355 e. The predicted octanol–water partition coefficient (Wildman–Crippen LogP) is 4.54. The van der Waals surface area contributed by atoms with Gasteiger partial charge in [-0.3, -0.25) is 19.0 Å². The first-order valence-electron chi connectivity index (χ1n) is 13.9. The maximum atomic E-state index is 13.4. The van der Waals surface area contributed by atoms with E-state index >= 15 is 0 Å². The molecule has 1 heterocycles. The van der Waals surface area contributed by atoms with Crippen molar-refractivity contribution in [2.24, 2.45) is 17.3 Å². The molecule has 0 fully saturated rings. The Hall–Kier alpha value is -2.21. The van der Waals surface area contributed by atoms with E-state index in [0.29, 0.717) is 44.5 Å². The third kappa shape index (κ3) is 14.0. The molecular weight excluding hydrogens is 575 g/mol. The molecule has 2 aromatic rings. The van der Waals surface area contributed by atoms with Gasteiger partial charge in [0, 0.05) is 56.3 Å². The topological polar surface area (TPSA) is 96.3 Å². The van der Waals surface area contributed by atoms with Crippen LogP contribution in [0.5, 0.6) is 0 Å². The fourth-order valence-corrected chi connectivity index (χ4v) is 5.69. The number of benzene rings is 1. The van der Waals surface area contributed by atoms with Gasteiger partial charge in [0.1, 0.15) is 9.86 Å². The molecule has 2 rings (SSSR count). The van der Waals surface area contributed by atoms with Gasteiger partial charge in [0.2, 0.25) is 17.7 Å².